The van der Waals surface area contributed by atoms with E-state index in [4.69, 9.17) is 4.74 Å². The fourth-order valence-electron chi connectivity index (χ4n) is 9.63. The van der Waals surface area contributed by atoms with E-state index in [1.165, 1.54) is 23.3 Å². The van der Waals surface area contributed by atoms with Gasteiger partial charge in [-0.05, 0) is 128 Å². The van der Waals surface area contributed by atoms with Crippen LogP contribution in [0.4, 0.5) is 10.1 Å². The number of likely N-dealkylation sites (tertiary alicyclic amines) is 1. The Labute approximate surface area is 320 Å². The summed E-state index contributed by atoms with van der Waals surface area (Å²) in [5.41, 5.74) is 7.22. The molecular weight excluding hydrogens is 696 g/mol. The number of nitrogens with one attached hydrogen (secondary N) is 1. The van der Waals surface area contributed by atoms with Crippen LogP contribution >= 0.6 is 0 Å². The molecule has 1 aliphatic carbocycles. The van der Waals surface area contributed by atoms with E-state index < -0.39 is 17.9 Å². The van der Waals surface area contributed by atoms with Crippen molar-refractivity contribution in [3.8, 4) is 11.5 Å². The molecule has 4 aromatic carbocycles. The fourth-order valence-corrected chi connectivity index (χ4v) is 9.63. The summed E-state index contributed by atoms with van der Waals surface area (Å²) in [7, 11) is 0. The normalized spacial score (nSPS) is 22.9. The number of phenolic OH excluding ortho intramolecular Hbond substituents is 1. The predicted molar refractivity (Wildman–Crippen MR) is 207 cm³/mol. The maximum atomic E-state index is 13.8. The first-order valence-corrected chi connectivity index (χ1v) is 19.4. The van der Waals surface area contributed by atoms with E-state index in [9.17, 15) is 23.9 Å². The number of carbonyl (C=O) groups excluding carboxylic acids is 3. The molecule has 0 aromatic heterocycles. The predicted octanol–water partition coefficient (Wildman–Crippen LogP) is 6.76. The molecule has 5 aliphatic rings. The van der Waals surface area contributed by atoms with Crippen molar-refractivity contribution in [2.24, 2.45) is 5.41 Å². The molecule has 1 unspecified atom stereocenters. The van der Waals surface area contributed by atoms with Gasteiger partial charge in [-0.2, -0.15) is 0 Å². The highest BCUT2D eigenvalue weighted by molar-refractivity contribution is 6.23. The third-order valence-corrected chi connectivity index (χ3v) is 12.3. The molecule has 2 N–H and O–H groups in total. The number of anilines is 1. The number of nitrogens with zero attached hydrogens (tertiary/aromatic N) is 3. The standard InChI is InChI=1S/C45H45FN4O5/c1-28-4-19-40(42(52)47-28)50-43(53)38-17-12-33(23-39(38)44(50)54)49-26-45(27-49)24-48(25-45)20-2-3-21-55-35-14-7-30(8-15-35)41-36(29-5-10-32(46)11-6-29)16-9-31-22-34(51)13-18-37(31)41/h5-8,10-15,17-18,22-23,36,40-41,51H,1-4,9,16,19-21,24-27H2,(H,47,52)/t36-,40?,41+/m1/s1. The number of piperidine rings is 1. The number of amides is 3. The van der Waals surface area contributed by atoms with E-state index in [1.54, 1.807) is 12.1 Å². The van der Waals surface area contributed by atoms with Crippen LogP contribution in [0.15, 0.2) is 97.2 Å². The van der Waals surface area contributed by atoms with Gasteiger partial charge in [-0.1, -0.05) is 36.9 Å². The number of aromatic hydroxyl groups is 1. The van der Waals surface area contributed by atoms with Crippen molar-refractivity contribution in [2.45, 2.75) is 56.4 Å². The molecule has 1 spiro atoms. The van der Waals surface area contributed by atoms with Crippen molar-refractivity contribution in [3.05, 3.63) is 136 Å². The maximum absolute atomic E-state index is 13.8. The van der Waals surface area contributed by atoms with Gasteiger partial charge in [0.2, 0.25) is 5.91 Å². The van der Waals surface area contributed by atoms with Gasteiger partial charge in [0.25, 0.3) is 11.8 Å². The molecule has 3 atom stereocenters. The first-order chi connectivity index (χ1) is 26.6. The summed E-state index contributed by atoms with van der Waals surface area (Å²) in [5, 5.41) is 12.8. The zero-order chi connectivity index (χ0) is 37.8. The number of aryl methyl sites for hydroxylation is 1. The molecule has 3 saturated heterocycles. The number of imide groups is 1. The van der Waals surface area contributed by atoms with Crippen LogP contribution in [0, 0.1) is 11.2 Å². The lowest BCUT2D eigenvalue weighted by atomic mass is 9.69. The molecule has 3 amide bonds. The van der Waals surface area contributed by atoms with Gasteiger partial charge >= 0.3 is 0 Å². The zero-order valence-electron chi connectivity index (χ0n) is 30.8. The van der Waals surface area contributed by atoms with Crippen LogP contribution in [0.2, 0.25) is 0 Å². The molecule has 4 aliphatic heterocycles. The number of carbonyl (C=O) groups is 3. The minimum Gasteiger partial charge on any atom is -0.508 e. The lowest BCUT2D eigenvalue weighted by molar-refractivity contribution is -0.125. The van der Waals surface area contributed by atoms with Crippen LogP contribution < -0.4 is 15.0 Å². The molecule has 0 bridgehead atoms. The Hall–Kier alpha value is -5.48. The first kappa shape index (κ1) is 35.2. The maximum Gasteiger partial charge on any atom is 0.262 e. The van der Waals surface area contributed by atoms with Gasteiger partial charge in [0.15, 0.2) is 0 Å². The Morgan fingerprint density at radius 3 is 2.33 bits per heavy atom. The molecule has 0 saturated carbocycles. The first-order valence-electron chi connectivity index (χ1n) is 19.4. The van der Waals surface area contributed by atoms with E-state index in [1.807, 2.05) is 48.5 Å². The van der Waals surface area contributed by atoms with E-state index in [0.29, 0.717) is 36.3 Å². The second-order valence-electron chi connectivity index (χ2n) is 16.1. The van der Waals surface area contributed by atoms with Gasteiger partial charge < -0.3 is 25.0 Å². The van der Waals surface area contributed by atoms with E-state index in [-0.39, 0.29) is 34.7 Å². The average molecular weight is 741 g/mol. The topological polar surface area (TPSA) is 102 Å². The third-order valence-electron chi connectivity index (χ3n) is 12.3. The largest absolute Gasteiger partial charge is 0.508 e. The molecule has 55 heavy (non-hydrogen) atoms. The number of hydrogen-bond donors (Lipinski definition) is 2. The van der Waals surface area contributed by atoms with Crippen LogP contribution in [0.1, 0.15) is 86.9 Å². The average Bonchev–Trinajstić information content (AvgIpc) is 3.39. The Morgan fingerprint density at radius 1 is 0.818 bits per heavy atom. The number of phenols is 1. The number of benzene rings is 4. The van der Waals surface area contributed by atoms with Gasteiger partial charge in [-0.15, -0.1) is 0 Å². The zero-order valence-corrected chi connectivity index (χ0v) is 30.8. The fraction of sp³-hybridized carbons (Fsp3) is 0.356. The minimum absolute atomic E-state index is 0.0967. The molecule has 9 nitrogen and oxygen atoms in total. The third kappa shape index (κ3) is 6.56. The van der Waals surface area contributed by atoms with Crippen molar-refractivity contribution < 1.29 is 28.6 Å². The van der Waals surface area contributed by atoms with Crippen LogP contribution in [-0.2, 0) is 11.2 Å². The van der Waals surface area contributed by atoms with Crippen molar-refractivity contribution in [1.29, 1.82) is 0 Å². The van der Waals surface area contributed by atoms with Gasteiger partial charge in [0.1, 0.15) is 23.4 Å². The summed E-state index contributed by atoms with van der Waals surface area (Å²) < 4.78 is 19.9. The smallest absolute Gasteiger partial charge is 0.262 e. The molecule has 4 aromatic rings. The second-order valence-corrected chi connectivity index (χ2v) is 16.1. The second kappa shape index (κ2) is 14.0. The number of ether oxygens (including phenoxy) is 1. The van der Waals surface area contributed by atoms with Crippen molar-refractivity contribution in [2.75, 3.05) is 44.2 Å². The summed E-state index contributed by atoms with van der Waals surface area (Å²) in [4.78, 5) is 44.9. The van der Waals surface area contributed by atoms with Crippen LogP contribution in [0.25, 0.3) is 0 Å². The van der Waals surface area contributed by atoms with Gasteiger partial charge in [0.05, 0.1) is 17.7 Å². The van der Waals surface area contributed by atoms with Crippen LogP contribution in [0.3, 0.4) is 0 Å². The number of rotatable bonds is 10. The van der Waals surface area contributed by atoms with Crippen molar-refractivity contribution >= 4 is 23.4 Å². The van der Waals surface area contributed by atoms with Crippen LogP contribution in [-0.4, -0.2) is 78.0 Å². The van der Waals surface area contributed by atoms with Crippen molar-refractivity contribution in [1.82, 2.24) is 15.1 Å². The monoisotopic (exact) mass is 740 g/mol. The molecule has 0 radical (unpaired) electrons. The lowest BCUT2D eigenvalue weighted by Gasteiger charge is -2.61. The van der Waals surface area contributed by atoms with E-state index in [0.717, 1.165) is 85.9 Å². The van der Waals surface area contributed by atoms with Crippen molar-refractivity contribution in [3.63, 3.8) is 0 Å². The summed E-state index contributed by atoms with van der Waals surface area (Å²) in [5.74, 6) is 0.0407. The number of allylic oxidation sites excluding steroid dienone is 1. The molecule has 3 fully saturated rings. The molecule has 9 rings (SSSR count). The summed E-state index contributed by atoms with van der Waals surface area (Å²) in [6.45, 7) is 9.40. The summed E-state index contributed by atoms with van der Waals surface area (Å²) in [6, 6.07) is 25.6. The van der Waals surface area contributed by atoms with E-state index >= 15 is 0 Å². The number of halogens is 1. The Balaban J connectivity index is 0.734. The Bertz CT molecular complexity index is 2170. The SMILES string of the molecule is C=C1CCC(N2C(=O)c3ccc(N4CC5(CN(CCCCOc6ccc([C@@H]7c8ccc(O)cc8CC[C@@H]7c7ccc(F)cc7)cc6)C5)C4)cc3C2=O)C(=O)N1. The van der Waals surface area contributed by atoms with Gasteiger partial charge in [-0.3, -0.25) is 19.3 Å². The van der Waals surface area contributed by atoms with Crippen LogP contribution in [0.5, 0.6) is 11.5 Å². The molecule has 282 valence electrons. The van der Waals surface area contributed by atoms with E-state index in [2.05, 4.69) is 33.8 Å². The quantitative estimate of drug-likeness (QED) is 0.137. The number of fused-ring (bicyclic) bond motifs is 2. The molecule has 10 heteroatoms. The highest BCUT2D eigenvalue weighted by atomic mass is 19.1. The van der Waals surface area contributed by atoms with Gasteiger partial charge in [-0.25, -0.2) is 4.39 Å². The lowest BCUT2D eigenvalue weighted by Crippen LogP contribution is -2.72. The summed E-state index contributed by atoms with van der Waals surface area (Å²) >= 11 is 0. The minimum atomic E-state index is -0.805. The Kier molecular flexibility index (Phi) is 8.96. The molecular formula is C45H45FN4O5. The number of unbranched alkanes of at least 4 members (excludes halogenated alkanes) is 1. The highest BCUT2D eigenvalue weighted by Gasteiger charge is 2.52. The van der Waals surface area contributed by atoms with Gasteiger partial charge in [0, 0.05) is 48.9 Å². The number of hydrogen-bond acceptors (Lipinski definition) is 7. The highest BCUT2D eigenvalue weighted by Crippen LogP contribution is 2.47. The Morgan fingerprint density at radius 2 is 1.56 bits per heavy atom. The molecule has 4 heterocycles. The summed E-state index contributed by atoms with van der Waals surface area (Å²) in [6.07, 6.45) is 4.72.